The molecule has 9 heteroatoms. The number of rotatable bonds is 9. The van der Waals surface area contributed by atoms with Crippen molar-refractivity contribution < 1.29 is 32.6 Å². The average molecular weight is 412 g/mol. The minimum absolute atomic E-state index is 0.209. The molecule has 0 amide bonds. The van der Waals surface area contributed by atoms with Gasteiger partial charge in [0.2, 0.25) is 0 Å². The van der Waals surface area contributed by atoms with E-state index in [-0.39, 0.29) is 18.4 Å². The molecule has 0 aliphatic heterocycles. The lowest BCUT2D eigenvalue weighted by Gasteiger charge is -2.43. The molecule has 0 spiro atoms. The number of benzene rings is 1. The number of hydrogen-bond acceptors (Lipinski definition) is 0. The minimum atomic E-state index is -9.95. The summed E-state index contributed by atoms with van der Waals surface area (Å²) < 4.78 is 104. The molecule has 26 heavy (non-hydrogen) atoms. The van der Waals surface area contributed by atoms with Gasteiger partial charge in [-0.2, -0.15) is 13.2 Å². The third-order valence-corrected chi connectivity index (χ3v) is 5.53. The first-order valence-electron chi connectivity index (χ1n) is 8.47. The van der Waals surface area contributed by atoms with E-state index in [1.165, 1.54) is 6.07 Å². The smallest absolute Gasteiger partial charge is 0.171 e. The Labute approximate surface area is 148 Å². The van der Waals surface area contributed by atoms with E-state index in [0.717, 1.165) is 25.8 Å². The molecule has 1 aromatic rings. The zero-order valence-electron chi connectivity index (χ0n) is 14.7. The molecule has 0 nitrogen and oxygen atoms in total. The zero-order chi connectivity index (χ0) is 20.3. The van der Waals surface area contributed by atoms with Gasteiger partial charge in [0.15, 0.2) is 0 Å². The Morgan fingerprint density at radius 3 is 1.81 bits per heavy atom. The summed E-state index contributed by atoms with van der Waals surface area (Å²) in [6, 6.07) is 2.38. The molecule has 0 bridgehead atoms. The van der Waals surface area contributed by atoms with Crippen LogP contribution < -0.4 is 0 Å². The number of halogens is 8. The van der Waals surface area contributed by atoms with E-state index in [2.05, 4.69) is 0 Å². The Bertz CT molecular complexity index is 616. The second-order valence-corrected chi connectivity index (χ2v) is 8.93. The highest BCUT2D eigenvalue weighted by atomic mass is 32.5. The highest BCUT2D eigenvalue weighted by molar-refractivity contribution is 8.45. The summed E-state index contributed by atoms with van der Waals surface area (Å²) in [7, 11) is -9.95. The van der Waals surface area contributed by atoms with Gasteiger partial charge >= 0.3 is 16.4 Å². The van der Waals surface area contributed by atoms with Gasteiger partial charge < -0.3 is 0 Å². The first-order valence-corrected chi connectivity index (χ1v) is 10.4. The van der Waals surface area contributed by atoms with Crippen molar-refractivity contribution in [3.63, 3.8) is 0 Å². The van der Waals surface area contributed by atoms with Crippen molar-refractivity contribution in [1.82, 2.24) is 0 Å². The molecule has 0 radical (unpaired) electrons. The zero-order valence-corrected chi connectivity index (χ0v) is 15.6. The first kappa shape index (κ1) is 23.0. The molecule has 0 fully saturated rings. The Morgan fingerprint density at radius 2 is 1.31 bits per heavy atom. The lowest BCUT2D eigenvalue weighted by Crippen LogP contribution is -2.14. The Hall–Kier alpha value is -0.990. The van der Waals surface area contributed by atoms with Crippen LogP contribution in [-0.2, 0) is 12.8 Å². The Morgan fingerprint density at radius 1 is 0.808 bits per heavy atom. The SMILES string of the molecule is CCCCCc1ccc(CCCCC(F)(F)F)c(S(F)(F)(F)(F)F)c1C. The van der Waals surface area contributed by atoms with Crippen molar-refractivity contribution in [3.05, 3.63) is 28.8 Å². The molecule has 1 rings (SSSR count). The summed E-state index contributed by atoms with van der Waals surface area (Å²) in [6.45, 7) is 2.94. The second kappa shape index (κ2) is 7.20. The van der Waals surface area contributed by atoms with Gasteiger partial charge in [0, 0.05) is 6.42 Å². The number of hydrogen-bond donors (Lipinski definition) is 0. The van der Waals surface area contributed by atoms with Crippen LogP contribution in [0.25, 0.3) is 0 Å². The summed E-state index contributed by atoms with van der Waals surface area (Å²) in [6.07, 6.45) is -4.22. The summed E-state index contributed by atoms with van der Waals surface area (Å²) >= 11 is 0. The molecular weight excluding hydrogens is 388 g/mol. The van der Waals surface area contributed by atoms with E-state index >= 15 is 0 Å². The fourth-order valence-electron chi connectivity index (χ4n) is 3.00. The molecule has 0 N–H and O–H groups in total. The second-order valence-electron chi connectivity index (χ2n) is 6.59. The highest BCUT2D eigenvalue weighted by Crippen LogP contribution is 3.02. The third kappa shape index (κ3) is 7.32. The van der Waals surface area contributed by atoms with Crippen molar-refractivity contribution in [2.75, 3.05) is 0 Å². The fraction of sp³-hybridized carbons (Fsp3) is 0.647. The molecule has 154 valence electrons. The average Bonchev–Trinajstić information content (AvgIpc) is 2.42. The molecule has 0 unspecified atom stereocenters. The lowest BCUT2D eigenvalue weighted by molar-refractivity contribution is -0.135. The van der Waals surface area contributed by atoms with E-state index in [1.54, 1.807) is 0 Å². The van der Waals surface area contributed by atoms with Gasteiger partial charge in [0.05, 0.1) is 0 Å². The Balaban J connectivity index is 3.16. The maximum atomic E-state index is 13.6. The van der Waals surface area contributed by atoms with Crippen molar-refractivity contribution in [3.8, 4) is 0 Å². The standard InChI is InChI=1S/C17H24F8S/c1-3-4-5-8-14-10-11-15(9-6-7-12-17(18,19)20)16(13(14)2)26(21,22,23,24)25/h10-11H,3-9,12H2,1-2H3. The van der Waals surface area contributed by atoms with Crippen molar-refractivity contribution >= 4 is 10.2 Å². The molecule has 0 saturated heterocycles. The van der Waals surface area contributed by atoms with E-state index < -0.39 is 51.7 Å². The van der Waals surface area contributed by atoms with Crippen LogP contribution in [0.5, 0.6) is 0 Å². The number of unbranched alkanes of at least 4 members (excludes halogenated alkanes) is 3. The monoisotopic (exact) mass is 412 g/mol. The lowest BCUT2D eigenvalue weighted by atomic mass is 9.97. The van der Waals surface area contributed by atoms with E-state index in [9.17, 15) is 32.6 Å². The van der Waals surface area contributed by atoms with Crippen LogP contribution in [0.2, 0.25) is 0 Å². The summed E-state index contributed by atoms with van der Waals surface area (Å²) in [5.74, 6) is 0. The van der Waals surface area contributed by atoms with Gasteiger partial charge in [-0.3, -0.25) is 0 Å². The quantitative estimate of drug-likeness (QED) is 0.281. The molecule has 0 aromatic heterocycles. The van der Waals surface area contributed by atoms with Crippen LogP contribution in [0.1, 0.15) is 62.1 Å². The highest BCUT2D eigenvalue weighted by Gasteiger charge is 2.67. The van der Waals surface area contributed by atoms with E-state index in [0.29, 0.717) is 6.42 Å². The predicted molar refractivity (Wildman–Crippen MR) is 89.4 cm³/mol. The van der Waals surface area contributed by atoms with Crippen LogP contribution in [0.15, 0.2) is 17.0 Å². The molecule has 0 heterocycles. The topological polar surface area (TPSA) is 0 Å². The maximum absolute atomic E-state index is 13.6. The van der Waals surface area contributed by atoms with Gasteiger partial charge in [-0.1, -0.05) is 51.3 Å². The van der Waals surface area contributed by atoms with Gasteiger partial charge in [-0.05, 0) is 55.7 Å². The first-order chi connectivity index (χ1) is 11.5. The van der Waals surface area contributed by atoms with Crippen molar-refractivity contribution in [1.29, 1.82) is 0 Å². The summed E-state index contributed by atoms with van der Waals surface area (Å²) in [5.41, 5.74) is -0.919. The van der Waals surface area contributed by atoms with E-state index in [4.69, 9.17) is 0 Å². The van der Waals surface area contributed by atoms with E-state index in [1.807, 2.05) is 6.92 Å². The molecule has 0 atom stereocenters. The van der Waals surface area contributed by atoms with Gasteiger partial charge in [-0.25, -0.2) is 0 Å². The maximum Gasteiger partial charge on any atom is 0.389 e. The molecule has 0 saturated carbocycles. The Kier molecular flexibility index (Phi) is 6.39. The van der Waals surface area contributed by atoms with Gasteiger partial charge in [0.25, 0.3) is 0 Å². The predicted octanol–water partition coefficient (Wildman–Crippen LogP) is 8.66. The fourth-order valence-corrected chi connectivity index (χ4v) is 4.37. The molecule has 0 aliphatic rings. The number of alkyl halides is 3. The summed E-state index contributed by atoms with van der Waals surface area (Å²) in [5, 5.41) is 0. The van der Waals surface area contributed by atoms with Crippen LogP contribution >= 0.6 is 10.2 Å². The van der Waals surface area contributed by atoms with Crippen molar-refractivity contribution in [2.24, 2.45) is 0 Å². The van der Waals surface area contributed by atoms with Crippen LogP contribution in [0, 0.1) is 6.92 Å². The van der Waals surface area contributed by atoms with Crippen LogP contribution in [0.4, 0.5) is 32.6 Å². The minimum Gasteiger partial charge on any atom is -0.171 e. The molecule has 0 aliphatic carbocycles. The molecular formula is C17H24F8S. The summed E-state index contributed by atoms with van der Waals surface area (Å²) in [4.78, 5) is -1.91. The van der Waals surface area contributed by atoms with Crippen LogP contribution in [0.3, 0.4) is 0 Å². The van der Waals surface area contributed by atoms with Gasteiger partial charge in [0.1, 0.15) is 4.90 Å². The largest absolute Gasteiger partial charge is 0.389 e. The van der Waals surface area contributed by atoms with Gasteiger partial charge in [-0.15, -0.1) is 0 Å². The molecule has 1 aromatic carbocycles. The number of aryl methyl sites for hydroxylation is 2. The van der Waals surface area contributed by atoms with Crippen LogP contribution in [-0.4, -0.2) is 6.18 Å². The third-order valence-electron chi connectivity index (χ3n) is 4.19. The normalized spacial score (nSPS) is 15.6. The van der Waals surface area contributed by atoms with Crippen molar-refractivity contribution in [2.45, 2.75) is 76.3 Å².